The second-order valence-electron chi connectivity index (χ2n) is 8.01. The molecule has 1 aliphatic heterocycles. The van der Waals surface area contributed by atoms with Crippen molar-refractivity contribution in [1.82, 2.24) is 9.78 Å². The Kier molecular flexibility index (Phi) is 5.28. The van der Waals surface area contributed by atoms with Gasteiger partial charge in [-0.3, -0.25) is 4.79 Å². The van der Waals surface area contributed by atoms with Gasteiger partial charge >= 0.3 is 0 Å². The quantitative estimate of drug-likeness (QED) is 0.801. The maximum absolute atomic E-state index is 13.1. The predicted octanol–water partition coefficient (Wildman–Crippen LogP) is 4.73. The average Bonchev–Trinajstić information content (AvgIpc) is 2.95. The van der Waals surface area contributed by atoms with Crippen LogP contribution in [0.3, 0.4) is 0 Å². The van der Waals surface area contributed by atoms with E-state index in [1.165, 1.54) is 38.5 Å². The van der Waals surface area contributed by atoms with E-state index in [0.29, 0.717) is 5.92 Å². The van der Waals surface area contributed by atoms with Crippen LogP contribution in [-0.4, -0.2) is 22.9 Å². The first-order chi connectivity index (χ1) is 12.8. The fourth-order valence-corrected chi connectivity index (χ4v) is 4.65. The van der Waals surface area contributed by atoms with Crippen LogP contribution in [0.25, 0.3) is 10.8 Å². The van der Waals surface area contributed by atoms with Crippen molar-refractivity contribution in [2.75, 3.05) is 18.0 Å². The molecule has 2 fully saturated rings. The van der Waals surface area contributed by atoms with Crippen molar-refractivity contribution in [2.45, 2.75) is 63.8 Å². The van der Waals surface area contributed by atoms with Crippen molar-refractivity contribution in [3.63, 3.8) is 0 Å². The Labute approximate surface area is 156 Å². The number of hydrogen-bond acceptors (Lipinski definition) is 3. The molecule has 1 saturated heterocycles. The maximum atomic E-state index is 13.1. The number of anilines is 1. The van der Waals surface area contributed by atoms with Crippen LogP contribution < -0.4 is 10.5 Å². The summed E-state index contributed by atoms with van der Waals surface area (Å²) in [6, 6.07) is 8.29. The van der Waals surface area contributed by atoms with Gasteiger partial charge in [0.25, 0.3) is 5.56 Å². The van der Waals surface area contributed by atoms with Gasteiger partial charge in [0.1, 0.15) is 0 Å². The molecule has 0 N–H and O–H groups in total. The Morgan fingerprint density at radius 3 is 2.50 bits per heavy atom. The Morgan fingerprint density at radius 1 is 1.00 bits per heavy atom. The molecule has 1 aromatic carbocycles. The Hall–Kier alpha value is -1.84. The van der Waals surface area contributed by atoms with E-state index in [-0.39, 0.29) is 11.6 Å². The molecule has 4 nitrogen and oxygen atoms in total. The number of aromatic nitrogens is 2. The third-order valence-corrected chi connectivity index (χ3v) is 6.21. The van der Waals surface area contributed by atoms with Crippen molar-refractivity contribution in [3.05, 3.63) is 41.5 Å². The summed E-state index contributed by atoms with van der Waals surface area (Å²) in [6.07, 6.45) is 10.5. The summed E-state index contributed by atoms with van der Waals surface area (Å²) in [5.41, 5.74) is 0.0831. The summed E-state index contributed by atoms with van der Waals surface area (Å²) in [4.78, 5) is 15.5. The van der Waals surface area contributed by atoms with Gasteiger partial charge in [-0.15, -0.1) is 0 Å². The van der Waals surface area contributed by atoms with Gasteiger partial charge in [0.05, 0.1) is 11.4 Å². The lowest BCUT2D eigenvalue weighted by Crippen LogP contribution is -2.34. The third kappa shape index (κ3) is 3.38. The molecule has 139 valence electrons. The van der Waals surface area contributed by atoms with E-state index >= 15 is 0 Å². The van der Waals surface area contributed by atoms with Gasteiger partial charge in [-0.25, -0.2) is 4.68 Å². The molecule has 26 heavy (non-hydrogen) atoms. The van der Waals surface area contributed by atoms with E-state index in [1.807, 2.05) is 22.9 Å². The summed E-state index contributed by atoms with van der Waals surface area (Å²) in [7, 11) is 0. The van der Waals surface area contributed by atoms with E-state index in [4.69, 9.17) is 5.10 Å². The van der Waals surface area contributed by atoms with Crippen LogP contribution in [0, 0.1) is 12.8 Å². The molecule has 2 heterocycles. The first-order valence-electron chi connectivity index (χ1n) is 10.3. The van der Waals surface area contributed by atoms with Gasteiger partial charge in [0.15, 0.2) is 5.82 Å². The highest BCUT2D eigenvalue weighted by molar-refractivity contribution is 5.91. The van der Waals surface area contributed by atoms with Crippen LogP contribution in [0.5, 0.6) is 0 Å². The largest absolute Gasteiger partial charge is 0.354 e. The molecule has 0 spiro atoms. The molecule has 1 saturated carbocycles. The van der Waals surface area contributed by atoms with Crippen molar-refractivity contribution in [3.8, 4) is 0 Å². The number of hydrogen-bond donors (Lipinski definition) is 0. The second kappa shape index (κ2) is 7.81. The zero-order valence-corrected chi connectivity index (χ0v) is 15.7. The summed E-state index contributed by atoms with van der Waals surface area (Å²) in [6.45, 7) is 6.17. The van der Waals surface area contributed by atoms with Crippen molar-refractivity contribution < 1.29 is 0 Å². The monoisotopic (exact) mass is 352 g/mol. The standard InChI is InChI=1S/C22H30N3O/c1-2-17-10-8-9-15-24(16-17)21-19-13-6-7-14-20(19)22(26)25(23-21)18-11-4-3-5-12-18/h6-7,13-14,17-18H,1-5,8-12,15-16H2. The highest BCUT2D eigenvalue weighted by Crippen LogP contribution is 2.31. The molecule has 1 radical (unpaired) electrons. The van der Waals surface area contributed by atoms with Gasteiger partial charge in [0.2, 0.25) is 0 Å². The molecule has 2 aliphatic rings. The Bertz CT molecular complexity index is 807. The molecule has 2 aromatic rings. The maximum Gasteiger partial charge on any atom is 0.275 e. The summed E-state index contributed by atoms with van der Waals surface area (Å²) in [5.74, 6) is 1.62. The van der Waals surface area contributed by atoms with Crippen LogP contribution in [-0.2, 0) is 0 Å². The number of rotatable bonds is 3. The Morgan fingerprint density at radius 2 is 1.73 bits per heavy atom. The molecule has 1 aliphatic carbocycles. The fourth-order valence-electron chi connectivity index (χ4n) is 4.65. The van der Waals surface area contributed by atoms with Gasteiger partial charge < -0.3 is 4.90 Å². The van der Waals surface area contributed by atoms with Crippen molar-refractivity contribution in [1.29, 1.82) is 0 Å². The highest BCUT2D eigenvalue weighted by atomic mass is 16.1. The van der Waals surface area contributed by atoms with Gasteiger partial charge in [-0.2, -0.15) is 5.10 Å². The zero-order chi connectivity index (χ0) is 17.9. The van der Waals surface area contributed by atoms with Gasteiger partial charge in [-0.05, 0) is 44.1 Å². The molecule has 1 unspecified atom stereocenters. The van der Waals surface area contributed by atoms with Crippen LogP contribution in [0.1, 0.15) is 63.8 Å². The summed E-state index contributed by atoms with van der Waals surface area (Å²) in [5, 5.41) is 6.79. The normalized spacial score (nSPS) is 22.5. The third-order valence-electron chi connectivity index (χ3n) is 6.21. The van der Waals surface area contributed by atoms with Crippen LogP contribution >= 0.6 is 0 Å². The molecule has 0 bridgehead atoms. The van der Waals surface area contributed by atoms with Crippen LogP contribution in [0.2, 0.25) is 0 Å². The molecular formula is C22H30N3O. The SMILES string of the molecule is [CH2]CC1CCCCN(c2nn(C3CCCCC3)c(=O)c3ccccc23)C1. The van der Waals surface area contributed by atoms with Crippen molar-refractivity contribution >= 4 is 16.6 Å². The molecule has 4 rings (SSSR count). The minimum atomic E-state index is 0.0831. The molecule has 4 heteroatoms. The van der Waals surface area contributed by atoms with E-state index < -0.39 is 0 Å². The van der Waals surface area contributed by atoms with Gasteiger partial charge in [-0.1, -0.05) is 50.8 Å². The Balaban J connectivity index is 1.82. The van der Waals surface area contributed by atoms with E-state index in [9.17, 15) is 4.79 Å². The molecule has 1 atom stereocenters. The highest BCUT2D eigenvalue weighted by Gasteiger charge is 2.24. The molecular weight excluding hydrogens is 322 g/mol. The predicted molar refractivity (Wildman–Crippen MR) is 108 cm³/mol. The fraction of sp³-hybridized carbons (Fsp3) is 0.591. The summed E-state index contributed by atoms with van der Waals surface area (Å²) < 4.78 is 1.82. The van der Waals surface area contributed by atoms with E-state index in [1.54, 1.807) is 0 Å². The second-order valence-corrected chi connectivity index (χ2v) is 8.01. The first-order valence-corrected chi connectivity index (χ1v) is 10.3. The van der Waals surface area contributed by atoms with E-state index in [2.05, 4.69) is 17.9 Å². The van der Waals surface area contributed by atoms with Crippen LogP contribution in [0.4, 0.5) is 5.82 Å². The summed E-state index contributed by atoms with van der Waals surface area (Å²) >= 11 is 0. The minimum absolute atomic E-state index is 0.0831. The van der Waals surface area contributed by atoms with Crippen LogP contribution in [0.15, 0.2) is 29.1 Å². The van der Waals surface area contributed by atoms with Gasteiger partial charge in [0, 0.05) is 18.5 Å². The number of fused-ring (bicyclic) bond motifs is 1. The lowest BCUT2D eigenvalue weighted by molar-refractivity contribution is 0.320. The van der Waals surface area contributed by atoms with E-state index in [0.717, 1.165) is 48.9 Å². The topological polar surface area (TPSA) is 38.1 Å². The zero-order valence-electron chi connectivity index (χ0n) is 15.7. The number of benzene rings is 1. The first kappa shape index (κ1) is 17.6. The molecule has 1 aromatic heterocycles. The smallest absolute Gasteiger partial charge is 0.275 e. The molecule has 0 amide bonds. The average molecular weight is 353 g/mol. The minimum Gasteiger partial charge on any atom is -0.354 e. The number of nitrogens with zero attached hydrogens (tertiary/aromatic N) is 3. The lowest BCUT2D eigenvalue weighted by atomic mass is 9.95. The lowest BCUT2D eigenvalue weighted by Gasteiger charge is -2.29. The van der Waals surface area contributed by atoms with Crippen molar-refractivity contribution in [2.24, 2.45) is 5.92 Å².